The van der Waals surface area contributed by atoms with Crippen molar-refractivity contribution in [2.75, 3.05) is 13.2 Å². The third-order valence-corrected chi connectivity index (χ3v) is 3.62. The summed E-state index contributed by atoms with van der Waals surface area (Å²) in [7, 11) is 0. The van der Waals surface area contributed by atoms with E-state index in [0.29, 0.717) is 19.3 Å². The van der Waals surface area contributed by atoms with E-state index in [2.05, 4.69) is 18.2 Å². The number of ether oxygens (including phenoxy) is 1. The Labute approximate surface area is 111 Å². The van der Waals surface area contributed by atoms with Crippen LogP contribution in [-0.4, -0.2) is 36.5 Å². The van der Waals surface area contributed by atoms with E-state index in [0.717, 1.165) is 25.2 Å². The highest BCUT2D eigenvalue weighted by atomic mass is 16.5. The minimum absolute atomic E-state index is 0.0503. The van der Waals surface area contributed by atoms with Gasteiger partial charge in [-0.2, -0.15) is 0 Å². The minimum Gasteiger partial charge on any atom is -0.389 e. The molecule has 1 saturated carbocycles. The van der Waals surface area contributed by atoms with Crippen LogP contribution in [0.4, 0.5) is 0 Å². The van der Waals surface area contributed by atoms with Crippen molar-refractivity contribution in [1.82, 2.24) is 5.32 Å². The molecule has 0 aromatic rings. The second-order valence-corrected chi connectivity index (χ2v) is 5.42. The number of nitrogens with one attached hydrogen (secondary N) is 1. The molecule has 1 rings (SSSR count). The molecule has 0 radical (unpaired) electrons. The lowest BCUT2D eigenvalue weighted by molar-refractivity contribution is -0.0308. The Balaban J connectivity index is 2.12. The van der Waals surface area contributed by atoms with E-state index < -0.39 is 6.10 Å². The van der Waals surface area contributed by atoms with Crippen molar-refractivity contribution in [2.45, 2.75) is 64.2 Å². The molecule has 1 aliphatic carbocycles. The summed E-state index contributed by atoms with van der Waals surface area (Å²) in [6, 6.07) is 0.0503. The predicted octanol–water partition coefficient (Wildman–Crippen LogP) is 1.94. The number of hydrogen-bond donors (Lipinski definition) is 2. The Morgan fingerprint density at radius 1 is 1.50 bits per heavy atom. The van der Waals surface area contributed by atoms with E-state index in [1.54, 1.807) is 0 Å². The highest BCUT2D eigenvalue weighted by Gasteiger charge is 2.20. The zero-order chi connectivity index (χ0) is 13.4. The maximum absolute atomic E-state index is 9.83. The van der Waals surface area contributed by atoms with Crippen molar-refractivity contribution >= 4 is 0 Å². The lowest BCUT2D eigenvalue weighted by Crippen LogP contribution is -2.37. The van der Waals surface area contributed by atoms with Crippen molar-refractivity contribution in [3.8, 4) is 12.3 Å². The average Bonchev–Trinajstić information content (AvgIpc) is 2.37. The van der Waals surface area contributed by atoms with Gasteiger partial charge in [-0.05, 0) is 25.2 Å². The Bertz CT molecular complexity index is 262. The highest BCUT2D eigenvalue weighted by molar-refractivity contribution is 4.97. The van der Waals surface area contributed by atoms with Crippen molar-refractivity contribution in [1.29, 1.82) is 0 Å². The zero-order valence-electron chi connectivity index (χ0n) is 11.7. The fraction of sp³-hybridized carbons (Fsp3) is 0.867. The van der Waals surface area contributed by atoms with E-state index in [1.165, 1.54) is 12.8 Å². The van der Waals surface area contributed by atoms with Gasteiger partial charge in [0.1, 0.15) is 0 Å². The largest absolute Gasteiger partial charge is 0.389 e. The van der Waals surface area contributed by atoms with Crippen LogP contribution in [0.25, 0.3) is 0 Å². The third-order valence-electron chi connectivity index (χ3n) is 3.62. The fourth-order valence-corrected chi connectivity index (χ4v) is 2.44. The lowest BCUT2D eigenvalue weighted by atomic mass is 9.89. The molecular formula is C15H27NO2. The molecule has 0 aromatic heterocycles. The molecule has 3 heteroatoms. The number of terminal acetylenes is 1. The van der Waals surface area contributed by atoms with E-state index in [4.69, 9.17) is 11.2 Å². The normalized spacial score (nSPS) is 27.4. The Morgan fingerprint density at radius 2 is 2.28 bits per heavy atom. The van der Waals surface area contributed by atoms with Crippen LogP contribution in [0.3, 0.4) is 0 Å². The number of aliphatic hydroxyl groups is 1. The molecule has 1 fully saturated rings. The van der Waals surface area contributed by atoms with Gasteiger partial charge in [-0.25, -0.2) is 0 Å². The summed E-state index contributed by atoms with van der Waals surface area (Å²) in [5.41, 5.74) is 0. The summed E-state index contributed by atoms with van der Waals surface area (Å²) in [5, 5.41) is 13.0. The van der Waals surface area contributed by atoms with Gasteiger partial charge in [0, 0.05) is 6.54 Å². The molecule has 2 N–H and O–H groups in total. The van der Waals surface area contributed by atoms with Crippen molar-refractivity contribution < 1.29 is 9.84 Å². The fourth-order valence-electron chi connectivity index (χ4n) is 2.44. The van der Waals surface area contributed by atoms with Crippen LogP contribution in [0.15, 0.2) is 0 Å². The molecule has 0 saturated heterocycles. The van der Waals surface area contributed by atoms with Gasteiger partial charge in [0.05, 0.1) is 24.9 Å². The average molecular weight is 253 g/mol. The number of rotatable bonds is 7. The summed E-state index contributed by atoms with van der Waals surface area (Å²) in [5.74, 6) is 3.41. The quantitative estimate of drug-likeness (QED) is 0.681. The molecule has 1 aliphatic rings. The van der Waals surface area contributed by atoms with Gasteiger partial charge in [0.2, 0.25) is 0 Å². The lowest BCUT2D eigenvalue weighted by Gasteiger charge is -2.27. The van der Waals surface area contributed by atoms with Crippen LogP contribution >= 0.6 is 0 Å². The summed E-state index contributed by atoms with van der Waals surface area (Å²) in [4.78, 5) is 0. The van der Waals surface area contributed by atoms with E-state index >= 15 is 0 Å². The Kier molecular flexibility index (Phi) is 7.34. The summed E-state index contributed by atoms with van der Waals surface area (Å²) in [6.07, 6.45) is 10.9. The molecule has 104 valence electrons. The van der Waals surface area contributed by atoms with Gasteiger partial charge in [0.15, 0.2) is 0 Å². The van der Waals surface area contributed by atoms with Crippen LogP contribution in [0.1, 0.15) is 46.0 Å². The molecule has 0 spiro atoms. The van der Waals surface area contributed by atoms with Gasteiger partial charge in [-0.1, -0.05) is 32.6 Å². The first kappa shape index (κ1) is 15.5. The van der Waals surface area contributed by atoms with Crippen LogP contribution in [0, 0.1) is 18.3 Å². The van der Waals surface area contributed by atoms with Crippen LogP contribution in [-0.2, 0) is 4.74 Å². The van der Waals surface area contributed by atoms with E-state index in [-0.39, 0.29) is 6.04 Å². The Hall–Kier alpha value is -0.560. The first-order chi connectivity index (χ1) is 8.65. The van der Waals surface area contributed by atoms with Gasteiger partial charge >= 0.3 is 0 Å². The van der Waals surface area contributed by atoms with Crippen LogP contribution in [0.5, 0.6) is 0 Å². The number of hydrogen-bond acceptors (Lipinski definition) is 3. The second-order valence-electron chi connectivity index (χ2n) is 5.42. The second kappa shape index (κ2) is 8.53. The molecule has 0 amide bonds. The van der Waals surface area contributed by atoms with Gasteiger partial charge in [-0.15, -0.1) is 6.42 Å². The van der Waals surface area contributed by atoms with E-state index in [9.17, 15) is 5.11 Å². The maximum atomic E-state index is 9.83. The van der Waals surface area contributed by atoms with Gasteiger partial charge in [-0.3, -0.25) is 0 Å². The molecule has 0 aromatic carbocycles. The predicted molar refractivity (Wildman–Crippen MR) is 74.3 cm³/mol. The van der Waals surface area contributed by atoms with Crippen LogP contribution in [0.2, 0.25) is 0 Å². The summed E-state index contributed by atoms with van der Waals surface area (Å²) >= 11 is 0. The topological polar surface area (TPSA) is 41.5 Å². The molecule has 4 unspecified atom stereocenters. The van der Waals surface area contributed by atoms with Crippen molar-refractivity contribution in [2.24, 2.45) is 5.92 Å². The first-order valence-corrected chi connectivity index (χ1v) is 7.14. The maximum Gasteiger partial charge on any atom is 0.0898 e. The van der Waals surface area contributed by atoms with Crippen molar-refractivity contribution in [3.63, 3.8) is 0 Å². The third kappa shape index (κ3) is 5.86. The highest BCUT2D eigenvalue weighted by Crippen LogP contribution is 2.25. The van der Waals surface area contributed by atoms with Gasteiger partial charge < -0.3 is 15.2 Å². The smallest absolute Gasteiger partial charge is 0.0898 e. The molecule has 18 heavy (non-hydrogen) atoms. The minimum atomic E-state index is -0.468. The zero-order valence-corrected chi connectivity index (χ0v) is 11.7. The molecule has 0 bridgehead atoms. The molecular weight excluding hydrogens is 226 g/mol. The summed E-state index contributed by atoms with van der Waals surface area (Å²) < 4.78 is 5.77. The van der Waals surface area contributed by atoms with E-state index in [1.807, 2.05) is 6.92 Å². The van der Waals surface area contributed by atoms with Crippen LogP contribution < -0.4 is 5.32 Å². The standard InChI is InChI=1S/C15H27NO2/c1-4-13(5-2)16-10-14(17)11-18-15-8-6-7-12(3)9-15/h1,12-17H,5-11H2,2-3H3. The first-order valence-electron chi connectivity index (χ1n) is 7.14. The SMILES string of the molecule is C#CC(CC)NCC(O)COC1CCCC(C)C1. The number of aliphatic hydroxyl groups excluding tert-OH is 1. The monoisotopic (exact) mass is 253 g/mol. The molecule has 0 aliphatic heterocycles. The van der Waals surface area contributed by atoms with Crippen molar-refractivity contribution in [3.05, 3.63) is 0 Å². The summed E-state index contributed by atoms with van der Waals surface area (Å²) in [6.45, 7) is 5.21. The molecule has 3 nitrogen and oxygen atoms in total. The Morgan fingerprint density at radius 3 is 2.89 bits per heavy atom. The molecule has 0 heterocycles. The van der Waals surface area contributed by atoms with Gasteiger partial charge in [0.25, 0.3) is 0 Å². The molecule has 4 atom stereocenters.